The molecular formula is C13H30N2. The lowest BCUT2D eigenvalue weighted by molar-refractivity contribution is 0.223. The summed E-state index contributed by atoms with van der Waals surface area (Å²) in [6, 6.07) is 1.07. The molecule has 2 N–H and O–H groups in total. The molecule has 0 aromatic heterocycles. The second kappa shape index (κ2) is 8.12. The Kier molecular flexibility index (Phi) is 8.07. The van der Waals surface area contributed by atoms with E-state index in [0.29, 0.717) is 12.1 Å². The van der Waals surface area contributed by atoms with Gasteiger partial charge in [0.25, 0.3) is 0 Å². The Bertz CT molecular complexity index is 143. The highest BCUT2D eigenvalue weighted by Gasteiger charge is 2.10. The van der Waals surface area contributed by atoms with Gasteiger partial charge in [-0.1, -0.05) is 20.3 Å². The summed E-state index contributed by atoms with van der Waals surface area (Å²) >= 11 is 0. The molecule has 15 heavy (non-hydrogen) atoms. The van der Waals surface area contributed by atoms with Gasteiger partial charge in [-0.3, -0.25) is 0 Å². The average Bonchev–Trinajstić information content (AvgIpc) is 2.10. The molecule has 2 atom stereocenters. The fourth-order valence-corrected chi connectivity index (χ4v) is 1.91. The largest absolute Gasteiger partial charge is 0.328 e. The van der Waals surface area contributed by atoms with Crippen LogP contribution in [0.1, 0.15) is 53.4 Å². The Labute approximate surface area is 96.2 Å². The zero-order valence-electron chi connectivity index (χ0n) is 11.3. The van der Waals surface area contributed by atoms with Crippen molar-refractivity contribution in [1.29, 1.82) is 0 Å². The maximum atomic E-state index is 5.72. The molecule has 0 heterocycles. The van der Waals surface area contributed by atoms with Crippen LogP contribution >= 0.6 is 0 Å². The minimum absolute atomic E-state index is 0.364. The molecule has 0 saturated heterocycles. The van der Waals surface area contributed by atoms with Crippen LogP contribution in [0.25, 0.3) is 0 Å². The van der Waals surface area contributed by atoms with Crippen LogP contribution in [0.15, 0.2) is 0 Å². The van der Waals surface area contributed by atoms with E-state index >= 15 is 0 Å². The first kappa shape index (κ1) is 14.9. The molecule has 0 radical (unpaired) electrons. The Hall–Kier alpha value is -0.0800. The third-order valence-electron chi connectivity index (χ3n) is 2.99. The van der Waals surface area contributed by atoms with Crippen molar-refractivity contribution in [2.45, 2.75) is 65.5 Å². The van der Waals surface area contributed by atoms with Crippen molar-refractivity contribution >= 4 is 0 Å². The lowest BCUT2D eigenvalue weighted by Gasteiger charge is -2.26. The molecule has 92 valence electrons. The van der Waals surface area contributed by atoms with Crippen LogP contribution in [0.3, 0.4) is 0 Å². The van der Waals surface area contributed by atoms with Crippen LogP contribution in [0.4, 0.5) is 0 Å². The predicted octanol–water partition coefficient (Wildman–Crippen LogP) is 2.87. The highest BCUT2D eigenvalue weighted by Crippen LogP contribution is 2.10. The highest BCUT2D eigenvalue weighted by molar-refractivity contribution is 4.65. The average molecular weight is 214 g/mol. The Morgan fingerprint density at radius 3 is 2.13 bits per heavy atom. The van der Waals surface area contributed by atoms with E-state index in [-0.39, 0.29) is 0 Å². The van der Waals surface area contributed by atoms with Gasteiger partial charge in [0, 0.05) is 12.1 Å². The smallest absolute Gasteiger partial charge is 0.00663 e. The van der Waals surface area contributed by atoms with E-state index in [1.165, 1.54) is 25.8 Å². The molecule has 0 aromatic carbocycles. The molecule has 2 unspecified atom stereocenters. The number of nitrogens with zero attached hydrogens (tertiary/aromatic N) is 1. The van der Waals surface area contributed by atoms with Crippen molar-refractivity contribution in [3.05, 3.63) is 0 Å². The molecular weight excluding hydrogens is 184 g/mol. The van der Waals surface area contributed by atoms with Crippen LogP contribution in [-0.2, 0) is 0 Å². The maximum absolute atomic E-state index is 5.72. The van der Waals surface area contributed by atoms with Gasteiger partial charge in [0.15, 0.2) is 0 Å². The molecule has 2 heteroatoms. The predicted molar refractivity (Wildman–Crippen MR) is 69.0 cm³/mol. The zero-order valence-corrected chi connectivity index (χ0v) is 11.3. The van der Waals surface area contributed by atoms with Crippen molar-refractivity contribution in [2.75, 3.05) is 13.6 Å². The van der Waals surface area contributed by atoms with Crippen molar-refractivity contribution in [3.63, 3.8) is 0 Å². The first-order valence-electron chi connectivity index (χ1n) is 6.39. The molecule has 0 amide bonds. The van der Waals surface area contributed by atoms with E-state index in [0.717, 1.165) is 12.3 Å². The standard InChI is InChI=1S/C13H30N2/c1-11(2)10-13(4)15(5)9-7-6-8-12(3)14/h11-13H,6-10,14H2,1-5H3. The Morgan fingerprint density at radius 2 is 1.67 bits per heavy atom. The summed E-state index contributed by atoms with van der Waals surface area (Å²) in [7, 11) is 2.24. The van der Waals surface area contributed by atoms with Gasteiger partial charge in [-0.2, -0.15) is 0 Å². The Balaban J connectivity index is 3.51. The normalized spacial score (nSPS) is 16.0. The number of hydrogen-bond acceptors (Lipinski definition) is 2. The molecule has 0 aromatic rings. The lowest BCUT2D eigenvalue weighted by Crippen LogP contribution is -2.31. The van der Waals surface area contributed by atoms with E-state index in [9.17, 15) is 0 Å². The van der Waals surface area contributed by atoms with E-state index in [1.807, 2.05) is 0 Å². The fraction of sp³-hybridized carbons (Fsp3) is 1.00. The lowest BCUT2D eigenvalue weighted by atomic mass is 10.0. The van der Waals surface area contributed by atoms with E-state index in [4.69, 9.17) is 5.73 Å². The van der Waals surface area contributed by atoms with Gasteiger partial charge in [-0.15, -0.1) is 0 Å². The van der Waals surface area contributed by atoms with Gasteiger partial charge in [0.1, 0.15) is 0 Å². The molecule has 0 aliphatic heterocycles. The number of hydrogen-bond donors (Lipinski definition) is 1. The van der Waals surface area contributed by atoms with Crippen LogP contribution < -0.4 is 5.73 Å². The topological polar surface area (TPSA) is 29.3 Å². The second-order valence-corrected chi connectivity index (χ2v) is 5.43. The highest BCUT2D eigenvalue weighted by atomic mass is 15.1. The van der Waals surface area contributed by atoms with Crippen molar-refractivity contribution in [2.24, 2.45) is 11.7 Å². The number of rotatable bonds is 8. The molecule has 0 saturated carbocycles. The second-order valence-electron chi connectivity index (χ2n) is 5.43. The van der Waals surface area contributed by atoms with Gasteiger partial charge in [0.05, 0.1) is 0 Å². The van der Waals surface area contributed by atoms with Crippen LogP contribution in [0.5, 0.6) is 0 Å². The van der Waals surface area contributed by atoms with Gasteiger partial charge in [-0.05, 0) is 52.6 Å². The monoisotopic (exact) mass is 214 g/mol. The molecule has 0 aliphatic rings. The summed E-state index contributed by atoms with van der Waals surface area (Å²) in [4.78, 5) is 2.47. The van der Waals surface area contributed by atoms with Gasteiger partial charge in [-0.25, -0.2) is 0 Å². The van der Waals surface area contributed by atoms with Crippen LogP contribution in [-0.4, -0.2) is 30.6 Å². The summed E-state index contributed by atoms with van der Waals surface area (Å²) in [6.07, 6.45) is 4.99. The summed E-state index contributed by atoms with van der Waals surface area (Å²) in [5, 5.41) is 0. The summed E-state index contributed by atoms with van der Waals surface area (Å²) in [6.45, 7) is 10.2. The number of unbranched alkanes of at least 4 members (excludes halogenated alkanes) is 1. The molecule has 2 nitrogen and oxygen atoms in total. The van der Waals surface area contributed by atoms with Crippen LogP contribution in [0.2, 0.25) is 0 Å². The molecule has 0 spiro atoms. The fourth-order valence-electron chi connectivity index (χ4n) is 1.91. The first-order chi connectivity index (χ1) is 6.93. The summed E-state index contributed by atoms with van der Waals surface area (Å²) in [5.74, 6) is 0.798. The summed E-state index contributed by atoms with van der Waals surface area (Å²) in [5.41, 5.74) is 5.72. The van der Waals surface area contributed by atoms with Gasteiger partial charge in [0.2, 0.25) is 0 Å². The Morgan fingerprint density at radius 1 is 1.07 bits per heavy atom. The zero-order chi connectivity index (χ0) is 11.8. The molecule has 0 rings (SSSR count). The third-order valence-corrected chi connectivity index (χ3v) is 2.99. The third kappa shape index (κ3) is 8.88. The maximum Gasteiger partial charge on any atom is 0.00663 e. The van der Waals surface area contributed by atoms with Crippen molar-refractivity contribution in [3.8, 4) is 0 Å². The SMILES string of the molecule is CC(C)CC(C)N(C)CCCCC(C)N. The number of nitrogens with two attached hydrogens (primary N) is 1. The molecule has 0 aliphatic carbocycles. The van der Waals surface area contributed by atoms with Gasteiger partial charge < -0.3 is 10.6 Å². The van der Waals surface area contributed by atoms with E-state index in [2.05, 4.69) is 39.6 Å². The van der Waals surface area contributed by atoms with Crippen molar-refractivity contribution in [1.82, 2.24) is 4.90 Å². The van der Waals surface area contributed by atoms with E-state index < -0.39 is 0 Å². The minimum Gasteiger partial charge on any atom is -0.328 e. The van der Waals surface area contributed by atoms with Gasteiger partial charge >= 0.3 is 0 Å². The van der Waals surface area contributed by atoms with E-state index in [1.54, 1.807) is 0 Å². The summed E-state index contributed by atoms with van der Waals surface area (Å²) < 4.78 is 0. The quantitative estimate of drug-likeness (QED) is 0.630. The molecule has 0 bridgehead atoms. The first-order valence-corrected chi connectivity index (χ1v) is 6.39. The minimum atomic E-state index is 0.364. The van der Waals surface area contributed by atoms with Crippen LogP contribution in [0, 0.1) is 5.92 Å². The van der Waals surface area contributed by atoms with Crippen molar-refractivity contribution < 1.29 is 0 Å². The molecule has 0 fully saturated rings.